The van der Waals surface area contributed by atoms with E-state index in [1.165, 1.54) is 0 Å². The van der Waals surface area contributed by atoms with Crippen molar-refractivity contribution in [1.82, 2.24) is 5.32 Å². The number of rotatable bonds is 11. The van der Waals surface area contributed by atoms with Crippen LogP contribution in [0.1, 0.15) is 57.6 Å². The molecular formula is C30H40N4O3. The van der Waals surface area contributed by atoms with Gasteiger partial charge in [-0.1, -0.05) is 63.6 Å². The van der Waals surface area contributed by atoms with E-state index in [0.29, 0.717) is 31.0 Å². The van der Waals surface area contributed by atoms with Crippen molar-refractivity contribution in [2.45, 2.75) is 71.4 Å². The molecule has 0 aromatic heterocycles. The van der Waals surface area contributed by atoms with Crippen molar-refractivity contribution in [2.24, 2.45) is 23.5 Å². The van der Waals surface area contributed by atoms with Crippen molar-refractivity contribution in [3.8, 4) is 0 Å². The van der Waals surface area contributed by atoms with Crippen LogP contribution in [0.2, 0.25) is 0 Å². The Balaban J connectivity index is 1.56. The van der Waals surface area contributed by atoms with Crippen LogP contribution in [-0.4, -0.2) is 36.3 Å². The summed E-state index contributed by atoms with van der Waals surface area (Å²) in [6.45, 7) is 6.89. The fourth-order valence-electron chi connectivity index (χ4n) is 5.99. The highest BCUT2D eigenvalue weighted by Gasteiger charge is 2.43. The number of hydrogen-bond donors (Lipinski definition) is 3. The largest absolute Gasteiger partial charge is 0.369 e. The van der Waals surface area contributed by atoms with Crippen LogP contribution in [0, 0.1) is 17.8 Å². The van der Waals surface area contributed by atoms with Gasteiger partial charge in [-0.05, 0) is 67.3 Å². The van der Waals surface area contributed by atoms with Gasteiger partial charge in [-0.3, -0.25) is 19.3 Å². The predicted octanol–water partition coefficient (Wildman–Crippen LogP) is 4.05. The van der Waals surface area contributed by atoms with E-state index in [1.54, 1.807) is 4.90 Å². The topological polar surface area (TPSA) is 105 Å². The number of para-hydroxylation sites is 2. The van der Waals surface area contributed by atoms with Crippen LogP contribution < -0.4 is 21.3 Å². The molecule has 0 saturated carbocycles. The van der Waals surface area contributed by atoms with E-state index in [4.69, 9.17) is 5.73 Å². The third kappa shape index (κ3) is 6.04. The van der Waals surface area contributed by atoms with E-state index in [0.717, 1.165) is 42.5 Å². The molecule has 7 heteroatoms. The van der Waals surface area contributed by atoms with Gasteiger partial charge in [0.15, 0.2) is 0 Å². The summed E-state index contributed by atoms with van der Waals surface area (Å²) in [4.78, 5) is 41.4. The van der Waals surface area contributed by atoms with Gasteiger partial charge in [0.05, 0.1) is 11.7 Å². The minimum absolute atomic E-state index is 0.0576. The molecule has 2 heterocycles. The SMILES string of the molecule is CCC[C@@H](C(N)=O)[C@H](CN[C@H]1CCc2cccc3c2N(C1=O)[C@H](C(=O)Nc1ccccc1)C3)CC(C)C. The summed E-state index contributed by atoms with van der Waals surface area (Å²) in [5, 5.41) is 6.50. The van der Waals surface area contributed by atoms with E-state index in [-0.39, 0.29) is 29.6 Å². The molecule has 0 bridgehead atoms. The molecule has 4 rings (SSSR count). The summed E-state index contributed by atoms with van der Waals surface area (Å²) in [5.41, 5.74) is 9.54. The van der Waals surface area contributed by atoms with Gasteiger partial charge in [0.1, 0.15) is 6.04 Å². The van der Waals surface area contributed by atoms with Gasteiger partial charge in [0, 0.05) is 18.0 Å². The number of nitrogens with one attached hydrogen (secondary N) is 2. The van der Waals surface area contributed by atoms with Crippen molar-refractivity contribution < 1.29 is 14.4 Å². The number of amides is 3. The number of primary amides is 1. The zero-order valence-electron chi connectivity index (χ0n) is 22.2. The van der Waals surface area contributed by atoms with Gasteiger partial charge in [-0.25, -0.2) is 0 Å². The second-order valence-corrected chi connectivity index (χ2v) is 10.9. The Morgan fingerprint density at radius 3 is 2.49 bits per heavy atom. The third-order valence-corrected chi connectivity index (χ3v) is 7.69. The molecule has 198 valence electrons. The first kappa shape index (κ1) is 26.9. The van der Waals surface area contributed by atoms with Gasteiger partial charge >= 0.3 is 0 Å². The molecule has 0 fully saturated rings. The lowest BCUT2D eigenvalue weighted by Crippen LogP contribution is -2.53. The molecule has 0 saturated heterocycles. The number of nitrogens with two attached hydrogens (primary N) is 1. The Morgan fingerprint density at radius 2 is 1.81 bits per heavy atom. The summed E-state index contributed by atoms with van der Waals surface area (Å²) >= 11 is 0. The van der Waals surface area contributed by atoms with Crippen LogP contribution in [0.25, 0.3) is 0 Å². The first-order valence-electron chi connectivity index (χ1n) is 13.6. The highest BCUT2D eigenvalue weighted by atomic mass is 16.2. The number of nitrogens with zero attached hydrogens (tertiary/aromatic N) is 1. The zero-order chi connectivity index (χ0) is 26.5. The Morgan fingerprint density at radius 1 is 1.08 bits per heavy atom. The van der Waals surface area contributed by atoms with Gasteiger partial charge in [-0.2, -0.15) is 0 Å². The summed E-state index contributed by atoms with van der Waals surface area (Å²) in [7, 11) is 0. The molecule has 0 aliphatic carbocycles. The molecule has 37 heavy (non-hydrogen) atoms. The number of hydrogen-bond acceptors (Lipinski definition) is 4. The maximum atomic E-state index is 14.0. The molecule has 3 amide bonds. The summed E-state index contributed by atoms with van der Waals surface area (Å²) < 4.78 is 0. The van der Waals surface area contributed by atoms with Crippen molar-refractivity contribution in [3.05, 3.63) is 59.7 Å². The van der Waals surface area contributed by atoms with E-state index in [1.807, 2.05) is 42.5 Å². The number of anilines is 2. The number of carbonyl (C=O) groups is 3. The number of carbonyl (C=O) groups excluding carboxylic acids is 3. The van der Waals surface area contributed by atoms with E-state index < -0.39 is 12.1 Å². The molecule has 7 nitrogen and oxygen atoms in total. The fourth-order valence-corrected chi connectivity index (χ4v) is 5.99. The van der Waals surface area contributed by atoms with E-state index in [9.17, 15) is 14.4 Å². The van der Waals surface area contributed by atoms with Crippen molar-refractivity contribution in [1.29, 1.82) is 0 Å². The lowest BCUT2D eigenvalue weighted by atomic mass is 9.82. The smallest absolute Gasteiger partial charge is 0.247 e. The lowest BCUT2D eigenvalue weighted by molar-refractivity contribution is -0.125. The maximum Gasteiger partial charge on any atom is 0.247 e. The summed E-state index contributed by atoms with van der Waals surface area (Å²) in [5.74, 6) is -0.284. The minimum atomic E-state index is -0.601. The first-order valence-corrected chi connectivity index (χ1v) is 13.6. The quantitative estimate of drug-likeness (QED) is 0.429. The first-order chi connectivity index (χ1) is 17.8. The summed E-state index contributed by atoms with van der Waals surface area (Å²) in [6, 6.07) is 14.4. The molecule has 2 aromatic carbocycles. The van der Waals surface area contributed by atoms with Gasteiger partial charge in [0.25, 0.3) is 0 Å². The van der Waals surface area contributed by atoms with Crippen LogP contribution >= 0.6 is 0 Å². The van der Waals surface area contributed by atoms with Gasteiger partial charge < -0.3 is 16.4 Å². The number of aryl methyl sites for hydroxylation is 1. The lowest BCUT2D eigenvalue weighted by Gasteiger charge is -2.31. The van der Waals surface area contributed by atoms with Crippen LogP contribution in [0.4, 0.5) is 11.4 Å². The molecule has 0 spiro atoms. The van der Waals surface area contributed by atoms with Crippen LogP contribution in [-0.2, 0) is 27.2 Å². The van der Waals surface area contributed by atoms with Crippen molar-refractivity contribution in [3.63, 3.8) is 0 Å². The molecule has 4 N–H and O–H groups in total. The van der Waals surface area contributed by atoms with Gasteiger partial charge in [0.2, 0.25) is 17.7 Å². The highest BCUT2D eigenvalue weighted by molar-refractivity contribution is 6.09. The Kier molecular flexibility index (Phi) is 8.64. The van der Waals surface area contributed by atoms with E-state index >= 15 is 0 Å². The standard InChI is InChI=1S/C30H40N4O3/c1-4-9-24(28(31)35)22(16-19(2)3)18-32-25-15-14-20-10-8-11-21-17-26(34(27(20)21)30(25)37)29(36)33-23-12-6-5-7-13-23/h5-8,10-13,19,22,24-26,32H,4,9,14-18H2,1-3H3,(H2,31,35)(H,33,36)/t22-,24+,25-,26-/m0/s1. The average Bonchev–Trinajstić information content (AvgIpc) is 3.20. The number of benzene rings is 2. The molecule has 0 radical (unpaired) electrons. The monoisotopic (exact) mass is 504 g/mol. The minimum Gasteiger partial charge on any atom is -0.369 e. The maximum absolute atomic E-state index is 14.0. The molecule has 0 unspecified atom stereocenters. The highest BCUT2D eigenvalue weighted by Crippen LogP contribution is 2.39. The van der Waals surface area contributed by atoms with Crippen molar-refractivity contribution in [2.75, 3.05) is 16.8 Å². The molecular weight excluding hydrogens is 464 g/mol. The zero-order valence-corrected chi connectivity index (χ0v) is 22.2. The molecule has 2 aromatic rings. The second kappa shape index (κ2) is 11.9. The Bertz CT molecular complexity index is 1120. The fraction of sp³-hybridized carbons (Fsp3) is 0.500. The molecule has 2 aliphatic rings. The second-order valence-electron chi connectivity index (χ2n) is 10.9. The van der Waals surface area contributed by atoms with Crippen LogP contribution in [0.3, 0.4) is 0 Å². The van der Waals surface area contributed by atoms with Gasteiger partial charge in [-0.15, -0.1) is 0 Å². The van der Waals surface area contributed by atoms with Crippen molar-refractivity contribution >= 4 is 29.1 Å². The molecule has 4 atom stereocenters. The Hall–Kier alpha value is -3.19. The Labute approximate surface area is 220 Å². The third-order valence-electron chi connectivity index (χ3n) is 7.69. The van der Waals surface area contributed by atoms with E-state index in [2.05, 4.69) is 37.5 Å². The normalized spacial score (nSPS) is 20.3. The van der Waals surface area contributed by atoms with Crippen LogP contribution in [0.15, 0.2) is 48.5 Å². The average molecular weight is 505 g/mol. The summed E-state index contributed by atoms with van der Waals surface area (Å²) in [6.07, 6.45) is 4.37. The molecule has 2 aliphatic heterocycles. The predicted molar refractivity (Wildman–Crippen MR) is 147 cm³/mol. The van der Waals surface area contributed by atoms with Crippen LogP contribution in [0.5, 0.6) is 0 Å².